The zero-order valence-electron chi connectivity index (χ0n) is 29.5. The van der Waals surface area contributed by atoms with E-state index in [0.29, 0.717) is 41.6 Å². The second-order valence-corrected chi connectivity index (χ2v) is 15.8. The Kier molecular flexibility index (Phi) is 12.5. The third-order valence-electron chi connectivity index (χ3n) is 10.3. The number of nitrogens with zero attached hydrogens (tertiary/aromatic N) is 4. The van der Waals surface area contributed by atoms with Crippen molar-refractivity contribution in [3.05, 3.63) is 140 Å². The van der Waals surface area contributed by atoms with Gasteiger partial charge in [-0.05, 0) is 96.2 Å². The Morgan fingerprint density at radius 1 is 0.691 bits per heavy atom. The monoisotopic (exact) mass is 864 g/mol. The number of fused-ring (bicyclic) bond motifs is 2. The normalized spacial score (nSPS) is 23.4. The fourth-order valence-corrected chi connectivity index (χ4v) is 8.21. The maximum absolute atomic E-state index is 13.0. The summed E-state index contributed by atoms with van der Waals surface area (Å²) in [6.07, 6.45) is 1.92. The number of piperidine rings is 2. The lowest BCUT2D eigenvalue weighted by Gasteiger charge is -2.27. The Morgan fingerprint density at radius 3 is 1.64 bits per heavy atom. The highest BCUT2D eigenvalue weighted by Gasteiger charge is 2.58. The SMILES string of the molecule is N#CC(N)c1cccc(Br)c1.N#CC(NC(=O)[C@H]1[C@@H]2C[C@@H]2CN1C(=O)c1ccccc1)c1cccc(Br)c1.O=C(O)[C@H]1[C@@H]2C[C@@H]2CN1C(=O)c1ccccc1. The Hall–Kier alpha value is -5.34. The highest BCUT2D eigenvalue weighted by molar-refractivity contribution is 9.10. The Morgan fingerprint density at radius 2 is 1.16 bits per heavy atom. The van der Waals surface area contributed by atoms with Gasteiger partial charge in [0.1, 0.15) is 24.2 Å². The molecule has 4 N–H and O–H groups in total. The number of nitrogens with two attached hydrogens (primary N) is 1. The summed E-state index contributed by atoms with van der Waals surface area (Å²) in [7, 11) is 0. The average Bonchev–Trinajstić information content (AvgIpc) is 4.08. The largest absolute Gasteiger partial charge is 0.480 e. The van der Waals surface area contributed by atoms with E-state index in [9.17, 15) is 29.5 Å². The van der Waals surface area contributed by atoms with Crippen molar-refractivity contribution in [1.29, 1.82) is 10.5 Å². The van der Waals surface area contributed by atoms with Crippen LogP contribution in [0.4, 0.5) is 0 Å². The lowest BCUT2D eigenvalue weighted by molar-refractivity contribution is -0.142. The first kappa shape index (κ1) is 39.4. The number of carboxylic acids is 1. The number of carbonyl (C=O) groups is 4. The van der Waals surface area contributed by atoms with Crippen LogP contribution in [0, 0.1) is 46.3 Å². The molecule has 280 valence electrons. The van der Waals surface area contributed by atoms with Crippen molar-refractivity contribution < 1.29 is 24.3 Å². The van der Waals surface area contributed by atoms with Crippen molar-refractivity contribution in [3.8, 4) is 12.1 Å². The van der Waals surface area contributed by atoms with Crippen LogP contribution in [0.3, 0.4) is 0 Å². The summed E-state index contributed by atoms with van der Waals surface area (Å²) < 4.78 is 1.79. The first-order valence-electron chi connectivity index (χ1n) is 17.8. The molecule has 0 bridgehead atoms. The lowest BCUT2D eigenvalue weighted by Crippen LogP contribution is -2.49. The number of aliphatic carboxylic acids is 1. The van der Waals surface area contributed by atoms with Gasteiger partial charge in [0.05, 0.1) is 12.1 Å². The van der Waals surface area contributed by atoms with E-state index in [2.05, 4.69) is 43.2 Å². The lowest BCUT2D eigenvalue weighted by atomic mass is 10.1. The van der Waals surface area contributed by atoms with Crippen LogP contribution in [0.5, 0.6) is 0 Å². The van der Waals surface area contributed by atoms with Crippen molar-refractivity contribution in [2.45, 2.75) is 37.0 Å². The van der Waals surface area contributed by atoms with E-state index < -0.39 is 30.1 Å². The summed E-state index contributed by atoms with van der Waals surface area (Å²) in [5, 5.41) is 30.0. The number of halogens is 2. The van der Waals surface area contributed by atoms with Crippen LogP contribution in [0.15, 0.2) is 118 Å². The fraction of sp³-hybridized carbons (Fsp3) is 0.286. The third kappa shape index (κ3) is 9.31. The molecule has 2 aliphatic heterocycles. The minimum absolute atomic E-state index is 0.126. The van der Waals surface area contributed by atoms with E-state index in [4.69, 9.17) is 11.0 Å². The summed E-state index contributed by atoms with van der Waals surface area (Å²) >= 11 is 6.68. The van der Waals surface area contributed by atoms with Crippen LogP contribution in [0.2, 0.25) is 0 Å². The zero-order valence-corrected chi connectivity index (χ0v) is 32.7. The molecular weight excluding hydrogens is 828 g/mol. The number of benzene rings is 4. The number of nitriles is 2. The molecule has 2 unspecified atom stereocenters. The summed E-state index contributed by atoms with van der Waals surface area (Å²) in [5.74, 6) is -0.248. The third-order valence-corrected chi connectivity index (χ3v) is 11.3. The van der Waals surface area contributed by atoms with Crippen LogP contribution >= 0.6 is 31.9 Å². The van der Waals surface area contributed by atoms with Crippen molar-refractivity contribution in [2.75, 3.05) is 13.1 Å². The maximum atomic E-state index is 13.0. The van der Waals surface area contributed by atoms with Gasteiger partial charge in [0.15, 0.2) is 0 Å². The molecule has 2 saturated carbocycles. The first-order valence-corrected chi connectivity index (χ1v) is 19.4. The van der Waals surface area contributed by atoms with Crippen LogP contribution < -0.4 is 11.1 Å². The Bertz CT molecular complexity index is 2140. The van der Waals surface area contributed by atoms with E-state index in [0.717, 1.165) is 27.4 Å². The standard InChI is InChI=1S/C21H18BrN3O2.C13H13NO3.C8H7BrN2/c22-16-8-4-7-14(9-16)18(11-23)24-20(26)19-17-10-15(17)12-25(19)21(27)13-5-2-1-3-6-13;15-12(8-4-2-1-3-5-8)14-7-9-6-10(9)11(14)13(16)17;9-7-3-1-2-6(4-7)8(11)5-10/h1-9,15,17-19H,10,12H2,(H,24,26);1-5,9-11H,6-7H2,(H,16,17);1-4,8H,11H2/t15-,17-,18?,19-;9-,10-,11-;/m11./s1. The molecule has 3 amide bonds. The summed E-state index contributed by atoms with van der Waals surface area (Å²) in [4.78, 5) is 52.4. The van der Waals surface area contributed by atoms with E-state index in [-0.39, 0.29) is 29.6 Å². The van der Waals surface area contributed by atoms with Gasteiger partial charge in [-0.15, -0.1) is 0 Å². The molecule has 8 rings (SSSR count). The molecular formula is C42H38Br2N6O5. The van der Waals surface area contributed by atoms with Crippen molar-refractivity contribution >= 4 is 55.6 Å². The Balaban J connectivity index is 0.000000156. The van der Waals surface area contributed by atoms with Gasteiger partial charge in [0.25, 0.3) is 11.8 Å². The van der Waals surface area contributed by atoms with Gasteiger partial charge in [-0.3, -0.25) is 14.4 Å². The van der Waals surface area contributed by atoms with Crippen molar-refractivity contribution in [3.63, 3.8) is 0 Å². The Labute approximate surface area is 336 Å². The van der Waals surface area contributed by atoms with E-state index in [1.807, 2.05) is 72.8 Å². The molecule has 0 spiro atoms. The van der Waals surface area contributed by atoms with Gasteiger partial charge < -0.3 is 26.0 Å². The molecule has 11 nitrogen and oxygen atoms in total. The number of rotatable bonds is 7. The number of nitrogens with one attached hydrogen (secondary N) is 1. The molecule has 8 atom stereocenters. The van der Waals surface area contributed by atoms with Crippen LogP contribution in [-0.4, -0.2) is 63.8 Å². The number of carbonyl (C=O) groups excluding carboxylic acids is 3. The molecule has 13 heteroatoms. The van der Waals surface area contributed by atoms with Gasteiger partial charge in [-0.25, -0.2) is 4.79 Å². The molecule has 4 fully saturated rings. The van der Waals surface area contributed by atoms with E-state index >= 15 is 0 Å². The summed E-state index contributed by atoms with van der Waals surface area (Å²) in [6, 6.07) is 34.4. The number of hydrogen-bond donors (Lipinski definition) is 3. The topological polar surface area (TPSA) is 181 Å². The number of amides is 3. The second-order valence-electron chi connectivity index (χ2n) is 14.0. The molecule has 55 heavy (non-hydrogen) atoms. The minimum Gasteiger partial charge on any atom is -0.480 e. The molecule has 2 saturated heterocycles. The van der Waals surface area contributed by atoms with Crippen molar-refractivity contribution in [2.24, 2.45) is 29.4 Å². The van der Waals surface area contributed by atoms with Crippen LogP contribution in [0.25, 0.3) is 0 Å². The smallest absolute Gasteiger partial charge is 0.326 e. The predicted molar refractivity (Wildman–Crippen MR) is 211 cm³/mol. The first-order chi connectivity index (χ1) is 26.5. The second kappa shape index (κ2) is 17.4. The zero-order chi connectivity index (χ0) is 39.2. The van der Waals surface area contributed by atoms with Crippen LogP contribution in [-0.2, 0) is 9.59 Å². The van der Waals surface area contributed by atoms with Gasteiger partial charge in [-0.1, -0.05) is 92.5 Å². The summed E-state index contributed by atoms with van der Waals surface area (Å²) in [6.45, 7) is 1.19. The van der Waals surface area contributed by atoms with Gasteiger partial charge in [0, 0.05) is 33.2 Å². The predicted octanol–water partition coefficient (Wildman–Crippen LogP) is 6.49. The fourth-order valence-electron chi connectivity index (χ4n) is 7.37. The number of likely N-dealkylation sites (tertiary alicyclic amines) is 2. The summed E-state index contributed by atoms with van der Waals surface area (Å²) in [5.41, 5.74) is 8.18. The van der Waals surface area contributed by atoms with Gasteiger partial charge in [0.2, 0.25) is 5.91 Å². The molecule has 4 aromatic rings. The molecule has 2 aliphatic carbocycles. The highest BCUT2D eigenvalue weighted by atomic mass is 79.9. The highest BCUT2D eigenvalue weighted by Crippen LogP contribution is 2.51. The van der Waals surface area contributed by atoms with Gasteiger partial charge in [-0.2, -0.15) is 10.5 Å². The van der Waals surface area contributed by atoms with Gasteiger partial charge >= 0.3 is 5.97 Å². The molecule has 0 radical (unpaired) electrons. The molecule has 2 heterocycles. The van der Waals surface area contributed by atoms with E-state index in [1.54, 1.807) is 47.4 Å². The number of hydrogen-bond acceptors (Lipinski definition) is 7. The quantitative estimate of drug-likeness (QED) is 0.189. The maximum Gasteiger partial charge on any atom is 0.326 e. The van der Waals surface area contributed by atoms with E-state index in [1.165, 1.54) is 4.90 Å². The molecule has 0 aromatic heterocycles. The molecule has 4 aliphatic rings. The van der Waals surface area contributed by atoms with Crippen molar-refractivity contribution in [1.82, 2.24) is 15.1 Å². The number of carboxylic acid groups (broad SMARTS) is 1. The minimum atomic E-state index is -0.876. The average molecular weight is 867 g/mol. The molecule has 4 aromatic carbocycles. The van der Waals surface area contributed by atoms with Crippen LogP contribution in [0.1, 0.15) is 56.8 Å².